The number of piperidine rings is 1. The van der Waals surface area contributed by atoms with Crippen molar-refractivity contribution in [2.24, 2.45) is 0 Å². The first-order chi connectivity index (χ1) is 15.2. The molecule has 0 amide bonds. The molecule has 214 valence electrons. The fraction of sp³-hybridized carbons (Fsp3) is 0.520. The molecular formula is C25H41Cl3F2N4O3. The third-order valence-corrected chi connectivity index (χ3v) is 7.15. The van der Waals surface area contributed by atoms with Crippen LogP contribution in [0.15, 0.2) is 42.5 Å². The maximum Gasteiger partial charge on any atom is 0.123 e. The Labute approximate surface area is 236 Å². The average molecular weight is 590 g/mol. The molecule has 3 heterocycles. The molecule has 12 heteroatoms. The summed E-state index contributed by atoms with van der Waals surface area (Å²) in [7, 11) is 0. The van der Waals surface area contributed by atoms with Crippen LogP contribution in [0.25, 0.3) is 0 Å². The molecule has 2 aromatic rings. The highest BCUT2D eigenvalue weighted by Gasteiger charge is 2.42. The molecule has 5 rings (SSSR count). The summed E-state index contributed by atoms with van der Waals surface area (Å²) in [5, 5.41) is 3.41. The van der Waals surface area contributed by atoms with Gasteiger partial charge in [0.1, 0.15) is 11.6 Å². The minimum atomic E-state index is -0.227. The maximum atomic E-state index is 14.1. The number of unbranched alkanes of at least 4 members (excludes halogenated alkanes) is 1. The number of likely N-dealkylation sites (tertiary alicyclic amines) is 1. The Morgan fingerprint density at radius 1 is 0.757 bits per heavy atom. The zero-order chi connectivity index (χ0) is 21.2. The Morgan fingerprint density at radius 3 is 2.00 bits per heavy atom. The lowest BCUT2D eigenvalue weighted by Gasteiger charge is -2.39. The van der Waals surface area contributed by atoms with Crippen LogP contribution in [-0.2, 0) is 0 Å². The summed E-state index contributed by atoms with van der Waals surface area (Å²) in [4.78, 5) is 7.42. The molecule has 0 radical (unpaired) electrons. The smallest absolute Gasteiger partial charge is 0.123 e. The molecule has 7 N–H and O–H groups in total. The van der Waals surface area contributed by atoms with Gasteiger partial charge in [0, 0.05) is 62.6 Å². The molecule has 7 nitrogen and oxygen atoms in total. The number of hydrogen-bond donors (Lipinski definition) is 1. The van der Waals surface area contributed by atoms with Crippen LogP contribution in [0.4, 0.5) is 20.2 Å². The molecule has 3 aliphatic heterocycles. The molecule has 0 bridgehead atoms. The molecule has 3 aliphatic rings. The van der Waals surface area contributed by atoms with Gasteiger partial charge in [-0.25, -0.2) is 8.78 Å². The van der Waals surface area contributed by atoms with Gasteiger partial charge in [-0.2, -0.15) is 0 Å². The Hall–Kier alpha value is -1.27. The fourth-order valence-corrected chi connectivity index (χ4v) is 5.58. The normalized spacial score (nSPS) is 20.3. The van der Waals surface area contributed by atoms with E-state index in [1.54, 1.807) is 12.1 Å². The number of piperazine rings is 1. The molecule has 2 fully saturated rings. The summed E-state index contributed by atoms with van der Waals surface area (Å²) in [6, 6.07) is 12.2. The molecule has 0 spiro atoms. The van der Waals surface area contributed by atoms with Crippen molar-refractivity contribution in [2.75, 3.05) is 57.3 Å². The molecule has 0 aliphatic carbocycles. The van der Waals surface area contributed by atoms with E-state index in [0.29, 0.717) is 6.04 Å². The standard InChI is InChI=1S/C25H32F2N4.3ClH.3H2O/c26-19-3-6-21(7-4-19)31-24-8-5-20(27)17-22(24)23-18-30(14-9-25(23)31)13-2-1-12-29-15-10-28-11-16-29;;;;;;/h3-8,17,23,25,28H,1-2,9-16,18H2;3*1H;3*1H2. The average Bonchev–Trinajstić information content (AvgIpc) is 3.11. The van der Waals surface area contributed by atoms with Gasteiger partial charge in [0.2, 0.25) is 0 Å². The number of hydrogen-bond acceptors (Lipinski definition) is 4. The van der Waals surface area contributed by atoms with Crippen molar-refractivity contribution in [3.63, 3.8) is 0 Å². The maximum absolute atomic E-state index is 14.1. The van der Waals surface area contributed by atoms with Crippen LogP contribution in [-0.4, -0.2) is 84.6 Å². The summed E-state index contributed by atoms with van der Waals surface area (Å²) < 4.78 is 27.6. The molecule has 2 atom stereocenters. The lowest BCUT2D eigenvalue weighted by atomic mass is 9.89. The Balaban J connectivity index is 0. The van der Waals surface area contributed by atoms with Crippen LogP contribution in [0.1, 0.15) is 30.7 Å². The molecule has 2 saturated heterocycles. The van der Waals surface area contributed by atoms with Crippen LogP contribution < -0.4 is 10.2 Å². The predicted molar refractivity (Wildman–Crippen MR) is 154 cm³/mol. The summed E-state index contributed by atoms with van der Waals surface area (Å²) in [5.74, 6) is -0.112. The fourth-order valence-electron chi connectivity index (χ4n) is 5.58. The quantitative estimate of drug-likeness (QED) is 0.522. The van der Waals surface area contributed by atoms with Gasteiger partial charge in [-0.15, -0.1) is 37.2 Å². The first kappa shape index (κ1) is 37.9. The number of rotatable bonds is 6. The van der Waals surface area contributed by atoms with Gasteiger partial charge < -0.3 is 36.4 Å². The van der Waals surface area contributed by atoms with E-state index < -0.39 is 0 Å². The number of nitrogens with zero attached hydrogens (tertiary/aromatic N) is 3. The highest BCUT2D eigenvalue weighted by atomic mass is 35.5. The topological polar surface area (TPSA) is 116 Å². The number of nitrogens with one attached hydrogen (secondary N) is 1. The second-order valence-electron chi connectivity index (χ2n) is 9.11. The number of anilines is 2. The van der Waals surface area contributed by atoms with Gasteiger partial charge in [0.25, 0.3) is 0 Å². The van der Waals surface area contributed by atoms with E-state index in [-0.39, 0.29) is 71.2 Å². The number of halogens is 5. The van der Waals surface area contributed by atoms with Gasteiger partial charge in [0.15, 0.2) is 0 Å². The van der Waals surface area contributed by atoms with E-state index in [2.05, 4.69) is 20.0 Å². The lowest BCUT2D eigenvalue weighted by molar-refractivity contribution is 0.185. The first-order valence-corrected chi connectivity index (χ1v) is 11.7. The summed E-state index contributed by atoms with van der Waals surface area (Å²) in [5.41, 5.74) is 3.16. The Morgan fingerprint density at radius 2 is 1.35 bits per heavy atom. The van der Waals surface area contributed by atoms with Crippen molar-refractivity contribution >= 4 is 48.6 Å². The van der Waals surface area contributed by atoms with E-state index >= 15 is 0 Å². The highest BCUT2D eigenvalue weighted by Crippen LogP contribution is 2.48. The molecule has 37 heavy (non-hydrogen) atoms. The third-order valence-electron chi connectivity index (χ3n) is 7.15. The molecule has 0 saturated carbocycles. The zero-order valence-corrected chi connectivity index (χ0v) is 23.2. The SMILES string of the molecule is Cl.Cl.Cl.Fc1ccc(N2c3ccc(F)cc3C3CN(CCCCN4CCNCC4)CCC32)cc1.O.O.O. The monoisotopic (exact) mass is 588 g/mol. The third kappa shape index (κ3) is 8.61. The van der Waals surface area contributed by atoms with Crippen LogP contribution in [0, 0.1) is 11.6 Å². The van der Waals surface area contributed by atoms with Gasteiger partial charge in [0.05, 0.1) is 0 Å². The summed E-state index contributed by atoms with van der Waals surface area (Å²) in [6.07, 6.45) is 3.48. The van der Waals surface area contributed by atoms with Gasteiger partial charge in [-0.1, -0.05) is 0 Å². The van der Waals surface area contributed by atoms with Crippen LogP contribution >= 0.6 is 37.2 Å². The molecule has 2 aromatic carbocycles. The van der Waals surface area contributed by atoms with Crippen molar-refractivity contribution < 1.29 is 25.2 Å². The summed E-state index contributed by atoms with van der Waals surface area (Å²) >= 11 is 0. The molecular weight excluding hydrogens is 549 g/mol. The van der Waals surface area contributed by atoms with Crippen molar-refractivity contribution in [3.05, 3.63) is 59.7 Å². The van der Waals surface area contributed by atoms with E-state index in [1.807, 2.05) is 18.2 Å². The minimum Gasteiger partial charge on any atom is -0.412 e. The first-order valence-electron chi connectivity index (χ1n) is 11.7. The van der Waals surface area contributed by atoms with Crippen LogP contribution in [0.5, 0.6) is 0 Å². The van der Waals surface area contributed by atoms with Crippen molar-refractivity contribution in [1.82, 2.24) is 15.1 Å². The van der Waals surface area contributed by atoms with Crippen molar-refractivity contribution in [1.29, 1.82) is 0 Å². The highest BCUT2D eigenvalue weighted by molar-refractivity contribution is 5.86. The van der Waals surface area contributed by atoms with Gasteiger partial charge in [-0.3, -0.25) is 0 Å². The van der Waals surface area contributed by atoms with E-state index in [9.17, 15) is 8.78 Å². The second-order valence-corrected chi connectivity index (χ2v) is 9.11. The van der Waals surface area contributed by atoms with Crippen molar-refractivity contribution in [2.45, 2.75) is 31.2 Å². The summed E-state index contributed by atoms with van der Waals surface area (Å²) in [6.45, 7) is 8.86. The van der Waals surface area contributed by atoms with Crippen molar-refractivity contribution in [3.8, 4) is 0 Å². The largest absolute Gasteiger partial charge is 0.412 e. The zero-order valence-electron chi connectivity index (χ0n) is 20.8. The number of fused-ring (bicyclic) bond motifs is 3. The molecule has 0 aromatic heterocycles. The Bertz CT molecular complexity index is 911. The molecule has 2 unspecified atom stereocenters. The predicted octanol–water partition coefficient (Wildman–Crippen LogP) is 2.75. The number of benzene rings is 2. The van der Waals surface area contributed by atoms with Crippen LogP contribution in [0.2, 0.25) is 0 Å². The van der Waals surface area contributed by atoms with E-state index in [4.69, 9.17) is 0 Å². The van der Waals surface area contributed by atoms with E-state index in [0.717, 1.165) is 69.2 Å². The lowest BCUT2D eigenvalue weighted by Crippen LogP contribution is -2.45. The van der Waals surface area contributed by atoms with Crippen LogP contribution in [0.3, 0.4) is 0 Å². The minimum absolute atomic E-state index is 0. The van der Waals surface area contributed by atoms with Gasteiger partial charge >= 0.3 is 0 Å². The Kier molecular flexibility index (Phi) is 17.8. The van der Waals surface area contributed by atoms with E-state index in [1.165, 1.54) is 31.5 Å². The van der Waals surface area contributed by atoms with Gasteiger partial charge in [-0.05, 0) is 80.4 Å². The second kappa shape index (κ2) is 17.3.